The fourth-order valence-electron chi connectivity index (χ4n) is 2.15. The number of anilines is 1. The van der Waals surface area contributed by atoms with Gasteiger partial charge in [0, 0.05) is 5.02 Å². The molecule has 1 atom stereocenters. The molecule has 3 aromatic rings. The van der Waals surface area contributed by atoms with Crippen molar-refractivity contribution in [2.75, 3.05) is 5.32 Å². The molecule has 3 rings (SSSR count). The van der Waals surface area contributed by atoms with E-state index in [9.17, 15) is 9.18 Å². The van der Waals surface area contributed by atoms with E-state index in [2.05, 4.69) is 10.3 Å². The fourth-order valence-corrected chi connectivity index (χ4v) is 3.30. The summed E-state index contributed by atoms with van der Waals surface area (Å²) in [6.07, 6.45) is -0.408. The molecule has 0 aliphatic heterocycles. The highest BCUT2D eigenvalue weighted by Gasteiger charge is 2.21. The number of nitrogens with zero attached hydrogens (tertiary/aromatic N) is 1. The third kappa shape index (κ3) is 3.66. The van der Waals surface area contributed by atoms with E-state index in [-0.39, 0.29) is 11.7 Å². The average molecular weight is 365 g/mol. The predicted molar refractivity (Wildman–Crippen MR) is 94.4 cm³/mol. The topological polar surface area (TPSA) is 51.2 Å². The molecule has 124 valence electrons. The Kier molecular flexibility index (Phi) is 4.97. The summed E-state index contributed by atoms with van der Waals surface area (Å²) < 4.78 is 20.0. The molecular weight excluding hydrogens is 351 g/mol. The van der Waals surface area contributed by atoms with E-state index in [4.69, 9.17) is 16.3 Å². The monoisotopic (exact) mass is 364 g/mol. The van der Waals surface area contributed by atoms with E-state index in [1.165, 1.54) is 23.5 Å². The van der Waals surface area contributed by atoms with Gasteiger partial charge in [-0.05, 0) is 36.8 Å². The van der Waals surface area contributed by atoms with E-state index in [1.54, 1.807) is 37.3 Å². The fraction of sp³-hybridized carbons (Fsp3) is 0.176. The molecule has 1 N–H and O–H groups in total. The molecule has 0 radical (unpaired) electrons. The van der Waals surface area contributed by atoms with Crippen molar-refractivity contribution in [1.29, 1.82) is 0 Å². The summed E-state index contributed by atoms with van der Waals surface area (Å²) in [6, 6.07) is 11.3. The van der Waals surface area contributed by atoms with Crippen molar-refractivity contribution in [3.05, 3.63) is 53.3 Å². The number of benzene rings is 2. The third-order valence-corrected chi connectivity index (χ3v) is 4.52. The number of hydrogen-bond donors (Lipinski definition) is 1. The molecule has 4 nitrogen and oxygen atoms in total. The summed E-state index contributed by atoms with van der Waals surface area (Å²) in [5.41, 5.74) is 0.753. The first-order chi connectivity index (χ1) is 11.6. The minimum absolute atomic E-state index is 0.0515. The zero-order valence-electron chi connectivity index (χ0n) is 12.8. The number of fused-ring (bicyclic) bond motifs is 1. The van der Waals surface area contributed by atoms with Gasteiger partial charge in [0.25, 0.3) is 5.91 Å². The standard InChI is InChI=1S/C17H14ClFN2O2S/c1-2-13(23-14-6-4-3-5-11(14)19)16(22)21-17-20-12-8-7-10(18)9-15(12)24-17/h3-9,13H,2H2,1H3,(H,20,21,22)/t13-/m0/s1. The largest absolute Gasteiger partial charge is 0.478 e. The second kappa shape index (κ2) is 7.15. The number of nitrogens with one attached hydrogen (secondary N) is 1. The molecule has 7 heteroatoms. The van der Waals surface area contributed by atoms with E-state index in [0.717, 1.165) is 10.2 Å². The zero-order chi connectivity index (χ0) is 17.1. The van der Waals surface area contributed by atoms with E-state index in [1.807, 2.05) is 0 Å². The van der Waals surface area contributed by atoms with Crippen molar-refractivity contribution in [2.45, 2.75) is 19.4 Å². The lowest BCUT2D eigenvalue weighted by Gasteiger charge is -2.16. The molecule has 0 saturated heterocycles. The van der Waals surface area contributed by atoms with Crippen LogP contribution in [0, 0.1) is 5.82 Å². The van der Waals surface area contributed by atoms with Crippen LogP contribution in [-0.4, -0.2) is 17.0 Å². The molecular formula is C17H14ClFN2O2S. The maximum absolute atomic E-state index is 13.7. The minimum atomic E-state index is -0.808. The molecule has 0 spiro atoms. The van der Waals surface area contributed by atoms with Gasteiger partial charge in [-0.3, -0.25) is 10.1 Å². The van der Waals surface area contributed by atoms with Crippen LogP contribution in [0.1, 0.15) is 13.3 Å². The van der Waals surface area contributed by atoms with Crippen LogP contribution in [0.3, 0.4) is 0 Å². The third-order valence-electron chi connectivity index (χ3n) is 3.35. The highest BCUT2D eigenvalue weighted by Crippen LogP contribution is 2.28. The zero-order valence-corrected chi connectivity index (χ0v) is 14.3. The van der Waals surface area contributed by atoms with Crippen molar-refractivity contribution in [3.8, 4) is 5.75 Å². The van der Waals surface area contributed by atoms with Crippen molar-refractivity contribution >= 4 is 44.2 Å². The van der Waals surface area contributed by atoms with E-state index < -0.39 is 11.9 Å². The molecule has 0 fully saturated rings. The SMILES string of the molecule is CC[C@H](Oc1ccccc1F)C(=O)Nc1nc2ccc(Cl)cc2s1. The number of para-hydroxylation sites is 1. The van der Waals surface area contributed by atoms with Crippen LogP contribution in [0.5, 0.6) is 5.75 Å². The van der Waals surface area contributed by atoms with E-state index in [0.29, 0.717) is 16.6 Å². The molecule has 0 saturated carbocycles. The van der Waals surface area contributed by atoms with Gasteiger partial charge in [-0.1, -0.05) is 42.0 Å². The van der Waals surface area contributed by atoms with E-state index >= 15 is 0 Å². The van der Waals surface area contributed by atoms with Crippen molar-refractivity contribution in [3.63, 3.8) is 0 Å². The molecule has 2 aromatic carbocycles. The second-order valence-corrected chi connectivity index (χ2v) is 6.53. The minimum Gasteiger partial charge on any atom is -0.478 e. The summed E-state index contributed by atoms with van der Waals surface area (Å²) in [6.45, 7) is 1.79. The maximum atomic E-state index is 13.7. The maximum Gasteiger partial charge on any atom is 0.267 e. The summed E-state index contributed by atoms with van der Waals surface area (Å²) >= 11 is 7.27. The van der Waals surface area contributed by atoms with Crippen LogP contribution in [0.25, 0.3) is 10.2 Å². The highest BCUT2D eigenvalue weighted by atomic mass is 35.5. The van der Waals surface area contributed by atoms with Crippen LogP contribution in [0.4, 0.5) is 9.52 Å². The lowest BCUT2D eigenvalue weighted by molar-refractivity contribution is -0.122. The molecule has 0 unspecified atom stereocenters. The van der Waals surface area contributed by atoms with Gasteiger partial charge in [-0.15, -0.1) is 0 Å². The Morgan fingerprint density at radius 1 is 1.38 bits per heavy atom. The first-order valence-electron chi connectivity index (χ1n) is 7.35. The summed E-state index contributed by atoms with van der Waals surface area (Å²) in [5, 5.41) is 3.78. The molecule has 1 amide bonds. The quantitative estimate of drug-likeness (QED) is 0.701. The summed E-state index contributed by atoms with van der Waals surface area (Å²) in [4.78, 5) is 16.7. The molecule has 1 heterocycles. The number of rotatable bonds is 5. The first-order valence-corrected chi connectivity index (χ1v) is 8.54. The van der Waals surface area contributed by atoms with Gasteiger partial charge in [0.05, 0.1) is 10.2 Å². The summed E-state index contributed by atoms with van der Waals surface area (Å²) in [7, 11) is 0. The summed E-state index contributed by atoms with van der Waals surface area (Å²) in [5.74, 6) is -0.820. The van der Waals surface area contributed by atoms with Crippen LogP contribution in [0.2, 0.25) is 5.02 Å². The number of aromatic nitrogens is 1. The van der Waals surface area contributed by atoms with Gasteiger partial charge in [0.2, 0.25) is 0 Å². The number of thiazole rings is 1. The van der Waals surface area contributed by atoms with Crippen molar-refractivity contribution < 1.29 is 13.9 Å². The molecule has 24 heavy (non-hydrogen) atoms. The van der Waals surface area contributed by atoms with Crippen LogP contribution < -0.4 is 10.1 Å². The Morgan fingerprint density at radius 2 is 2.17 bits per heavy atom. The number of ether oxygens (including phenoxy) is 1. The van der Waals surface area contributed by atoms with Crippen LogP contribution in [-0.2, 0) is 4.79 Å². The van der Waals surface area contributed by atoms with Gasteiger partial charge in [0.15, 0.2) is 22.8 Å². The Labute approximate surface area is 147 Å². The van der Waals surface area contributed by atoms with Crippen molar-refractivity contribution in [2.24, 2.45) is 0 Å². The van der Waals surface area contributed by atoms with Crippen molar-refractivity contribution in [1.82, 2.24) is 4.98 Å². The Balaban J connectivity index is 1.75. The lowest BCUT2D eigenvalue weighted by Crippen LogP contribution is -2.32. The molecule has 1 aromatic heterocycles. The number of carbonyl (C=O) groups is 1. The number of hydrogen-bond acceptors (Lipinski definition) is 4. The lowest BCUT2D eigenvalue weighted by atomic mass is 10.2. The molecule has 0 aliphatic rings. The average Bonchev–Trinajstić information content (AvgIpc) is 2.95. The molecule has 0 aliphatic carbocycles. The smallest absolute Gasteiger partial charge is 0.267 e. The van der Waals surface area contributed by atoms with Gasteiger partial charge < -0.3 is 4.74 Å². The van der Waals surface area contributed by atoms with Crippen LogP contribution in [0.15, 0.2) is 42.5 Å². The number of amides is 1. The van der Waals surface area contributed by atoms with Gasteiger partial charge in [0.1, 0.15) is 0 Å². The first kappa shape index (κ1) is 16.7. The van der Waals surface area contributed by atoms with Gasteiger partial charge in [-0.2, -0.15) is 0 Å². The van der Waals surface area contributed by atoms with Gasteiger partial charge in [-0.25, -0.2) is 9.37 Å². The Hall–Kier alpha value is -2.18. The number of halogens is 2. The predicted octanol–water partition coefficient (Wildman–Crippen LogP) is 4.88. The Morgan fingerprint density at radius 3 is 2.92 bits per heavy atom. The number of carbonyl (C=O) groups excluding carboxylic acids is 1. The molecule has 0 bridgehead atoms. The Bertz CT molecular complexity index is 884. The normalized spacial score (nSPS) is 12.1. The highest BCUT2D eigenvalue weighted by molar-refractivity contribution is 7.22. The van der Waals surface area contributed by atoms with Gasteiger partial charge >= 0.3 is 0 Å². The second-order valence-electron chi connectivity index (χ2n) is 5.07. The van der Waals surface area contributed by atoms with Crippen LogP contribution >= 0.6 is 22.9 Å².